The minimum absolute atomic E-state index is 0.103. The number of anilines is 1. The fourth-order valence-electron chi connectivity index (χ4n) is 2.27. The van der Waals surface area contributed by atoms with Crippen LogP contribution in [0.3, 0.4) is 0 Å². The van der Waals surface area contributed by atoms with Gasteiger partial charge in [0.1, 0.15) is 11.9 Å². The topological polar surface area (TPSA) is 74.3 Å². The van der Waals surface area contributed by atoms with E-state index in [1.807, 2.05) is 13.8 Å². The summed E-state index contributed by atoms with van der Waals surface area (Å²) in [5, 5.41) is 6.00. The zero-order valence-corrected chi connectivity index (χ0v) is 12.9. The largest absolute Gasteiger partial charge is 0.353 e. The fraction of sp³-hybridized carbons (Fsp3) is 0.500. The number of rotatable bonds is 3. The summed E-state index contributed by atoms with van der Waals surface area (Å²) in [7, 11) is 0. The molecule has 2 N–H and O–H groups in total. The van der Waals surface area contributed by atoms with Crippen molar-refractivity contribution in [2.45, 2.75) is 26.3 Å². The third-order valence-corrected chi connectivity index (χ3v) is 3.47. The number of amides is 3. The summed E-state index contributed by atoms with van der Waals surface area (Å²) in [6, 6.07) is 2.52. The van der Waals surface area contributed by atoms with Crippen molar-refractivity contribution in [3.8, 4) is 0 Å². The van der Waals surface area contributed by atoms with Crippen molar-refractivity contribution < 1.29 is 9.59 Å². The van der Waals surface area contributed by atoms with Crippen LogP contribution >= 0.6 is 11.6 Å². The molecule has 0 unspecified atom stereocenters. The lowest BCUT2D eigenvalue weighted by Gasteiger charge is -2.35. The van der Waals surface area contributed by atoms with Gasteiger partial charge in [-0.05, 0) is 24.5 Å². The lowest BCUT2D eigenvalue weighted by molar-refractivity contribution is -0.128. The molecule has 1 atom stereocenters. The van der Waals surface area contributed by atoms with Crippen LogP contribution in [-0.4, -0.2) is 41.0 Å². The molecule has 0 bridgehead atoms. The maximum absolute atomic E-state index is 12.4. The summed E-state index contributed by atoms with van der Waals surface area (Å²) in [5.41, 5.74) is 0. The van der Waals surface area contributed by atoms with E-state index in [1.165, 1.54) is 6.20 Å². The van der Waals surface area contributed by atoms with Gasteiger partial charge < -0.3 is 10.2 Å². The molecule has 0 aromatic carbocycles. The molecule has 0 saturated carbocycles. The minimum atomic E-state index is -0.439. The van der Waals surface area contributed by atoms with Gasteiger partial charge in [-0.15, -0.1) is 0 Å². The first-order valence-corrected chi connectivity index (χ1v) is 7.32. The lowest BCUT2D eigenvalue weighted by atomic mass is 10.0. The molecule has 2 rings (SSSR count). The normalized spacial score (nSPS) is 18.6. The second-order valence-corrected chi connectivity index (χ2v) is 5.86. The van der Waals surface area contributed by atoms with Gasteiger partial charge in [0.15, 0.2) is 0 Å². The Labute approximate surface area is 128 Å². The van der Waals surface area contributed by atoms with E-state index >= 15 is 0 Å². The van der Waals surface area contributed by atoms with E-state index in [0.29, 0.717) is 36.3 Å². The highest BCUT2D eigenvalue weighted by atomic mass is 35.5. The molecule has 114 valence electrons. The summed E-state index contributed by atoms with van der Waals surface area (Å²) in [6.45, 7) is 5.01. The number of urea groups is 1. The van der Waals surface area contributed by atoms with E-state index in [4.69, 9.17) is 11.6 Å². The number of nitrogens with zero attached hydrogens (tertiary/aromatic N) is 2. The molecule has 0 aliphatic carbocycles. The number of aromatic nitrogens is 1. The van der Waals surface area contributed by atoms with Gasteiger partial charge in [0.05, 0.1) is 5.02 Å². The smallest absolute Gasteiger partial charge is 0.323 e. The summed E-state index contributed by atoms with van der Waals surface area (Å²) < 4.78 is 0. The van der Waals surface area contributed by atoms with E-state index in [-0.39, 0.29) is 11.9 Å². The Bertz CT molecular complexity index is 518. The van der Waals surface area contributed by atoms with Gasteiger partial charge in [0.25, 0.3) is 0 Å². The predicted octanol–water partition coefficient (Wildman–Crippen LogP) is 2.11. The van der Waals surface area contributed by atoms with Gasteiger partial charge in [-0.3, -0.25) is 10.1 Å². The highest BCUT2D eigenvalue weighted by Crippen LogP contribution is 2.16. The molecule has 6 nitrogen and oxygen atoms in total. The third-order valence-electron chi connectivity index (χ3n) is 3.25. The molecule has 3 amide bonds. The van der Waals surface area contributed by atoms with E-state index < -0.39 is 6.04 Å². The average molecular weight is 311 g/mol. The molecule has 1 aromatic rings. The quantitative estimate of drug-likeness (QED) is 0.898. The molecular weight excluding hydrogens is 292 g/mol. The first-order valence-electron chi connectivity index (χ1n) is 6.94. The number of halogens is 1. The van der Waals surface area contributed by atoms with Crippen LogP contribution in [-0.2, 0) is 4.79 Å². The summed E-state index contributed by atoms with van der Waals surface area (Å²) in [6.07, 6.45) is 2.10. The van der Waals surface area contributed by atoms with Crippen molar-refractivity contribution in [3.63, 3.8) is 0 Å². The summed E-state index contributed by atoms with van der Waals surface area (Å²) >= 11 is 5.76. The highest BCUT2D eigenvalue weighted by Gasteiger charge is 2.33. The zero-order valence-electron chi connectivity index (χ0n) is 12.1. The number of pyridine rings is 1. The lowest BCUT2D eigenvalue weighted by Crippen LogP contribution is -2.58. The Morgan fingerprint density at radius 1 is 1.57 bits per heavy atom. The molecule has 2 heterocycles. The van der Waals surface area contributed by atoms with Gasteiger partial charge in [0.2, 0.25) is 5.91 Å². The highest BCUT2D eigenvalue weighted by molar-refractivity contribution is 6.30. The summed E-state index contributed by atoms with van der Waals surface area (Å²) in [5.74, 6) is 0.635. The Balaban J connectivity index is 2.07. The Morgan fingerprint density at radius 2 is 2.33 bits per heavy atom. The molecule has 1 aliphatic heterocycles. The second-order valence-electron chi connectivity index (χ2n) is 5.42. The number of piperazine rings is 1. The van der Waals surface area contributed by atoms with E-state index in [2.05, 4.69) is 15.6 Å². The molecule has 0 spiro atoms. The van der Waals surface area contributed by atoms with Crippen molar-refractivity contribution in [2.24, 2.45) is 5.92 Å². The first-order chi connectivity index (χ1) is 9.97. The van der Waals surface area contributed by atoms with Crippen molar-refractivity contribution in [1.82, 2.24) is 15.2 Å². The molecule has 1 aliphatic rings. The Morgan fingerprint density at radius 3 is 2.95 bits per heavy atom. The van der Waals surface area contributed by atoms with Crippen molar-refractivity contribution in [1.29, 1.82) is 0 Å². The van der Waals surface area contributed by atoms with Crippen LogP contribution in [0.2, 0.25) is 5.02 Å². The number of nitrogens with one attached hydrogen (secondary N) is 2. The monoisotopic (exact) mass is 310 g/mol. The van der Waals surface area contributed by atoms with Crippen molar-refractivity contribution in [3.05, 3.63) is 23.4 Å². The van der Waals surface area contributed by atoms with Crippen LogP contribution in [0.5, 0.6) is 0 Å². The molecule has 0 radical (unpaired) electrons. The number of hydrogen-bond acceptors (Lipinski definition) is 3. The predicted molar refractivity (Wildman–Crippen MR) is 81.2 cm³/mol. The van der Waals surface area contributed by atoms with Crippen LogP contribution in [0.4, 0.5) is 10.6 Å². The third kappa shape index (κ3) is 4.07. The van der Waals surface area contributed by atoms with Crippen LogP contribution in [0, 0.1) is 5.92 Å². The Kier molecular flexibility index (Phi) is 5.01. The second kappa shape index (κ2) is 6.76. The molecule has 21 heavy (non-hydrogen) atoms. The maximum atomic E-state index is 12.4. The summed E-state index contributed by atoms with van der Waals surface area (Å²) in [4.78, 5) is 29.9. The zero-order chi connectivity index (χ0) is 15.4. The standard InChI is InChI=1S/C14H19ClN4O2/c1-9(2)7-11-13(20)16-5-6-19(11)14(21)18-12-4-3-10(15)8-17-12/h3-4,8-9,11H,5-7H2,1-2H3,(H,16,20)(H,17,18,21)/t11-/m0/s1. The van der Waals surface area contributed by atoms with Crippen LogP contribution in [0.1, 0.15) is 20.3 Å². The van der Waals surface area contributed by atoms with Gasteiger partial charge >= 0.3 is 6.03 Å². The van der Waals surface area contributed by atoms with Gasteiger partial charge in [0, 0.05) is 19.3 Å². The first kappa shape index (κ1) is 15.6. The molecule has 1 saturated heterocycles. The average Bonchev–Trinajstić information content (AvgIpc) is 2.43. The van der Waals surface area contributed by atoms with E-state index in [9.17, 15) is 9.59 Å². The SMILES string of the molecule is CC(C)C[C@H]1C(=O)NCCN1C(=O)Nc1ccc(Cl)cn1. The van der Waals surface area contributed by atoms with Crippen LogP contribution < -0.4 is 10.6 Å². The molecular formula is C14H19ClN4O2. The Hall–Kier alpha value is -1.82. The van der Waals surface area contributed by atoms with Crippen LogP contribution in [0.25, 0.3) is 0 Å². The maximum Gasteiger partial charge on any atom is 0.323 e. The van der Waals surface area contributed by atoms with E-state index in [0.717, 1.165) is 0 Å². The van der Waals surface area contributed by atoms with Gasteiger partial charge in [-0.1, -0.05) is 25.4 Å². The molecule has 1 fully saturated rings. The molecule has 7 heteroatoms. The fourth-order valence-corrected chi connectivity index (χ4v) is 2.38. The van der Waals surface area contributed by atoms with Gasteiger partial charge in [-0.25, -0.2) is 9.78 Å². The minimum Gasteiger partial charge on any atom is -0.353 e. The van der Waals surface area contributed by atoms with Crippen molar-refractivity contribution in [2.75, 3.05) is 18.4 Å². The van der Waals surface area contributed by atoms with Gasteiger partial charge in [-0.2, -0.15) is 0 Å². The van der Waals surface area contributed by atoms with Crippen LogP contribution in [0.15, 0.2) is 18.3 Å². The number of carbonyl (C=O) groups excluding carboxylic acids is 2. The molecule has 1 aromatic heterocycles. The number of hydrogen-bond donors (Lipinski definition) is 2. The number of carbonyl (C=O) groups is 2. The van der Waals surface area contributed by atoms with Crippen molar-refractivity contribution >= 4 is 29.4 Å². The van der Waals surface area contributed by atoms with E-state index in [1.54, 1.807) is 17.0 Å².